The molecule has 1 aromatic heterocycles. The summed E-state index contributed by atoms with van der Waals surface area (Å²) in [6.07, 6.45) is -0.401. The Morgan fingerprint density at radius 3 is 1.57 bits per heavy atom. The van der Waals surface area contributed by atoms with Gasteiger partial charge < -0.3 is 16.0 Å². The zero-order valence-corrected chi connectivity index (χ0v) is 27.0. The third kappa shape index (κ3) is 5.06. The summed E-state index contributed by atoms with van der Waals surface area (Å²) < 4.78 is 2.39. The number of hydrogen-bond acceptors (Lipinski definition) is 3. The summed E-state index contributed by atoms with van der Waals surface area (Å²) in [6, 6.07) is 59.6. The van der Waals surface area contributed by atoms with E-state index in [-0.39, 0.29) is 12.1 Å². The van der Waals surface area contributed by atoms with Crippen molar-refractivity contribution in [2.75, 3.05) is 0 Å². The summed E-state index contributed by atoms with van der Waals surface area (Å²) in [5.41, 5.74) is 20.6. The molecule has 3 atom stereocenters. The zero-order chi connectivity index (χ0) is 32.9. The van der Waals surface area contributed by atoms with Gasteiger partial charge in [-0.3, -0.25) is 5.32 Å². The van der Waals surface area contributed by atoms with Gasteiger partial charge in [-0.15, -0.1) is 0 Å². The van der Waals surface area contributed by atoms with E-state index in [2.05, 4.69) is 174 Å². The highest BCUT2D eigenvalue weighted by atomic mass is 15.1. The van der Waals surface area contributed by atoms with E-state index >= 15 is 0 Å². The molecule has 5 N–H and O–H groups in total. The van der Waals surface area contributed by atoms with E-state index in [1.807, 2.05) is 6.07 Å². The second-order valence-corrected chi connectivity index (χ2v) is 13.0. The molecule has 0 fully saturated rings. The van der Waals surface area contributed by atoms with Crippen LogP contribution in [0.2, 0.25) is 0 Å². The Balaban J connectivity index is 1.12. The number of nitrogens with two attached hydrogens (primary N) is 2. The summed E-state index contributed by atoms with van der Waals surface area (Å²) in [6.45, 7) is 0. The van der Waals surface area contributed by atoms with E-state index in [0.717, 1.165) is 22.4 Å². The molecule has 0 spiro atoms. The number of benzene rings is 8. The molecule has 0 saturated carbocycles. The van der Waals surface area contributed by atoms with Gasteiger partial charge in [0.1, 0.15) is 0 Å². The Labute approximate surface area is 285 Å². The number of nitrogens with zero attached hydrogens (tertiary/aromatic N) is 1. The molecule has 0 aliphatic carbocycles. The third-order valence-electron chi connectivity index (χ3n) is 10.1. The van der Waals surface area contributed by atoms with Gasteiger partial charge in [0.05, 0.1) is 23.2 Å². The number of fused-ring (bicyclic) bond motifs is 8. The maximum Gasteiger partial charge on any atom is 0.0815 e. The zero-order valence-electron chi connectivity index (χ0n) is 27.0. The monoisotopic (exact) mass is 632 g/mol. The Bertz CT molecular complexity index is 2530. The third-order valence-corrected chi connectivity index (χ3v) is 10.1. The smallest absolute Gasteiger partial charge is 0.0815 e. The minimum absolute atomic E-state index is 0.209. The van der Waals surface area contributed by atoms with Gasteiger partial charge in [0, 0.05) is 22.5 Å². The molecule has 9 aromatic rings. The van der Waals surface area contributed by atoms with Gasteiger partial charge >= 0.3 is 0 Å². The minimum Gasteiger partial charge on any atom is -0.322 e. The Morgan fingerprint density at radius 1 is 0.429 bits per heavy atom. The van der Waals surface area contributed by atoms with Crippen LogP contribution in [-0.4, -0.2) is 4.57 Å². The van der Waals surface area contributed by atoms with Crippen LogP contribution in [0.4, 0.5) is 0 Å². The molecule has 8 aromatic carbocycles. The van der Waals surface area contributed by atoms with Crippen molar-refractivity contribution in [1.29, 1.82) is 0 Å². The first kappa shape index (κ1) is 29.4. The first-order valence-electron chi connectivity index (χ1n) is 16.9. The SMILES string of the molecule is NC(NC(c1ccccc1)[C@H](N)c1ccc(-n2c3ccc4ccccc4c3c3c4ccccc4ccc32)cc1)c1ccc2ccccc2c1. The van der Waals surface area contributed by atoms with E-state index in [9.17, 15) is 0 Å². The van der Waals surface area contributed by atoms with Crippen molar-refractivity contribution < 1.29 is 0 Å². The normalized spacial score (nSPS) is 13.8. The van der Waals surface area contributed by atoms with Crippen LogP contribution in [0.5, 0.6) is 0 Å². The van der Waals surface area contributed by atoms with E-state index in [4.69, 9.17) is 11.5 Å². The van der Waals surface area contributed by atoms with Crippen LogP contribution in [0.3, 0.4) is 0 Å². The summed E-state index contributed by atoms with van der Waals surface area (Å²) in [5.74, 6) is 0. The number of aromatic nitrogens is 1. The second-order valence-electron chi connectivity index (χ2n) is 13.0. The van der Waals surface area contributed by atoms with Crippen LogP contribution in [0.15, 0.2) is 170 Å². The molecule has 0 amide bonds. The van der Waals surface area contributed by atoms with Crippen molar-refractivity contribution in [3.63, 3.8) is 0 Å². The summed E-state index contributed by atoms with van der Waals surface area (Å²) in [7, 11) is 0. The molecular formula is C45H36N4. The summed E-state index contributed by atoms with van der Waals surface area (Å²) in [4.78, 5) is 0. The molecule has 9 rings (SSSR count). The molecular weight excluding hydrogens is 597 g/mol. The van der Waals surface area contributed by atoms with E-state index < -0.39 is 6.17 Å². The molecule has 236 valence electrons. The highest BCUT2D eigenvalue weighted by Crippen LogP contribution is 2.40. The molecule has 1 heterocycles. The number of hydrogen-bond donors (Lipinski definition) is 3. The van der Waals surface area contributed by atoms with Gasteiger partial charge in [-0.2, -0.15) is 0 Å². The summed E-state index contributed by atoms with van der Waals surface area (Å²) >= 11 is 0. The van der Waals surface area contributed by atoms with Crippen molar-refractivity contribution in [3.8, 4) is 5.69 Å². The van der Waals surface area contributed by atoms with E-state index in [0.29, 0.717) is 0 Å². The van der Waals surface area contributed by atoms with Crippen molar-refractivity contribution in [1.82, 2.24) is 9.88 Å². The first-order valence-corrected chi connectivity index (χ1v) is 16.9. The molecule has 4 nitrogen and oxygen atoms in total. The number of nitrogens with one attached hydrogen (secondary N) is 1. The summed E-state index contributed by atoms with van der Waals surface area (Å²) in [5, 5.41) is 13.6. The van der Waals surface area contributed by atoms with Crippen molar-refractivity contribution in [3.05, 3.63) is 187 Å². The lowest BCUT2D eigenvalue weighted by molar-refractivity contribution is 0.398. The molecule has 0 aliphatic heterocycles. The predicted molar refractivity (Wildman–Crippen MR) is 206 cm³/mol. The van der Waals surface area contributed by atoms with Gasteiger partial charge in [-0.25, -0.2) is 0 Å². The second kappa shape index (κ2) is 12.0. The largest absolute Gasteiger partial charge is 0.322 e. The fourth-order valence-electron chi connectivity index (χ4n) is 7.62. The van der Waals surface area contributed by atoms with Crippen LogP contribution in [-0.2, 0) is 0 Å². The van der Waals surface area contributed by atoms with Gasteiger partial charge in [0.15, 0.2) is 0 Å². The van der Waals surface area contributed by atoms with Crippen LogP contribution in [0.25, 0.3) is 59.8 Å². The average Bonchev–Trinajstić information content (AvgIpc) is 3.52. The van der Waals surface area contributed by atoms with E-state index in [1.54, 1.807) is 0 Å². The lowest BCUT2D eigenvalue weighted by atomic mass is 9.93. The molecule has 49 heavy (non-hydrogen) atoms. The van der Waals surface area contributed by atoms with Gasteiger partial charge in [-0.1, -0.05) is 140 Å². The first-order chi connectivity index (χ1) is 24.1. The van der Waals surface area contributed by atoms with Crippen molar-refractivity contribution in [2.45, 2.75) is 18.2 Å². The average molecular weight is 633 g/mol. The Kier molecular flexibility index (Phi) is 7.21. The molecule has 0 bridgehead atoms. The molecule has 0 saturated heterocycles. The topological polar surface area (TPSA) is 69.0 Å². The van der Waals surface area contributed by atoms with Crippen LogP contribution < -0.4 is 16.8 Å². The highest BCUT2D eigenvalue weighted by molar-refractivity contribution is 6.28. The lowest BCUT2D eigenvalue weighted by Crippen LogP contribution is -2.38. The van der Waals surface area contributed by atoms with Gasteiger partial charge in [-0.05, 0) is 79.3 Å². The minimum atomic E-state index is -0.401. The van der Waals surface area contributed by atoms with Gasteiger partial charge in [0.2, 0.25) is 0 Å². The molecule has 2 unspecified atom stereocenters. The Hall–Kier alpha value is -5.78. The molecule has 0 aliphatic rings. The molecule has 0 radical (unpaired) electrons. The maximum absolute atomic E-state index is 7.14. The van der Waals surface area contributed by atoms with Crippen LogP contribution in [0, 0.1) is 0 Å². The molecule has 4 heteroatoms. The fraction of sp³-hybridized carbons (Fsp3) is 0.0667. The Morgan fingerprint density at radius 2 is 0.939 bits per heavy atom. The van der Waals surface area contributed by atoms with Crippen molar-refractivity contribution >= 4 is 54.1 Å². The van der Waals surface area contributed by atoms with Crippen LogP contribution >= 0.6 is 0 Å². The number of rotatable bonds is 7. The van der Waals surface area contributed by atoms with E-state index in [1.165, 1.54) is 54.1 Å². The van der Waals surface area contributed by atoms with Crippen LogP contribution in [0.1, 0.15) is 34.9 Å². The standard InChI is InChI=1S/C45H36N4/c46-43(44(33-13-2-1-3-14-33)48-45(47)35-19-18-29-10-4-5-15-34(29)28-35)32-20-24-36(25-21-32)49-39-26-22-30-11-6-8-16-37(30)41(39)42-38-17-9-7-12-31(38)23-27-40(42)49/h1-28,43-45,48H,46-47H2/t43-,44?,45?/m1/s1. The maximum atomic E-state index is 7.14. The van der Waals surface area contributed by atoms with Crippen molar-refractivity contribution in [2.24, 2.45) is 11.5 Å². The van der Waals surface area contributed by atoms with Gasteiger partial charge in [0.25, 0.3) is 0 Å². The predicted octanol–water partition coefficient (Wildman–Crippen LogP) is 10.2. The quantitative estimate of drug-likeness (QED) is 0.153. The lowest BCUT2D eigenvalue weighted by Gasteiger charge is -2.29. The fourth-order valence-corrected chi connectivity index (χ4v) is 7.62. The highest BCUT2D eigenvalue weighted by Gasteiger charge is 2.25.